The quantitative estimate of drug-likeness (QED) is 0.0346. The molecule has 9 aliphatic heterocycles. The molecule has 0 aromatic rings. The van der Waals surface area contributed by atoms with Crippen LogP contribution in [-0.4, -0.2) is 486 Å². The molecule has 9 saturated heterocycles. The van der Waals surface area contributed by atoms with E-state index in [-0.39, 0.29) is 0 Å². The van der Waals surface area contributed by atoms with Crippen molar-refractivity contribution in [2.24, 2.45) is 0 Å². The topological polar surface area (TPSA) is 770 Å². The fraction of sp³-hybridized carbons (Fsp3) is 0.950. The Morgan fingerprint density at radius 1 is 0.239 bits per heavy atom. The normalized spacial score (nSPS) is 50.0. The molecule has 9 aliphatic rings. The minimum atomic E-state index is -2.57. The van der Waals surface area contributed by atoms with Gasteiger partial charge in [-0.05, 0) is 0 Å². The Bertz CT molecular complexity index is 2840. The van der Waals surface area contributed by atoms with E-state index in [2.05, 4.69) is 16.0 Å². The second kappa shape index (κ2) is 39.1. The van der Waals surface area contributed by atoms with Crippen molar-refractivity contribution in [3.8, 4) is 0 Å². The first-order chi connectivity index (χ1) is 51.6. The number of hydrogen-bond donors (Lipinski definition) is 29. The van der Waals surface area contributed by atoms with Gasteiger partial charge < -0.3 is 229 Å². The predicted molar refractivity (Wildman–Crippen MR) is 332 cm³/mol. The van der Waals surface area contributed by atoms with Crippen molar-refractivity contribution in [3.63, 3.8) is 0 Å². The summed E-state index contributed by atoms with van der Waals surface area (Å²) in [5.41, 5.74) is 0. The van der Waals surface area contributed by atoms with Crippen molar-refractivity contribution in [1.82, 2.24) is 16.0 Å². The van der Waals surface area contributed by atoms with E-state index in [1.807, 2.05) is 0 Å². The van der Waals surface area contributed by atoms with Gasteiger partial charge in [0.2, 0.25) is 17.7 Å². The van der Waals surface area contributed by atoms with E-state index in [0.29, 0.717) is 0 Å². The van der Waals surface area contributed by atoms with Crippen LogP contribution in [0.4, 0.5) is 0 Å². The van der Waals surface area contributed by atoms with E-state index in [1.54, 1.807) is 0 Å². The molecule has 49 heteroatoms. The van der Waals surface area contributed by atoms with Gasteiger partial charge in [0.1, 0.15) is 220 Å². The van der Waals surface area contributed by atoms with Gasteiger partial charge >= 0.3 is 0 Å². The lowest BCUT2D eigenvalue weighted by Crippen LogP contribution is -2.71. The average Bonchev–Trinajstić information content (AvgIpc) is 0.767. The van der Waals surface area contributed by atoms with Gasteiger partial charge in [-0.2, -0.15) is 0 Å². The average molecular weight is 1600 g/mol. The van der Waals surface area contributed by atoms with Crippen LogP contribution in [0.25, 0.3) is 0 Å². The van der Waals surface area contributed by atoms with Crippen molar-refractivity contribution in [2.75, 3.05) is 59.5 Å². The highest BCUT2D eigenvalue weighted by atomic mass is 16.8. The monoisotopic (exact) mass is 1600 g/mol. The van der Waals surface area contributed by atoms with Gasteiger partial charge in [-0.25, -0.2) is 0 Å². The molecular formula is C60H101N3O46. The number of aliphatic hydroxyl groups excluding tert-OH is 26. The maximum atomic E-state index is 13.0. The maximum absolute atomic E-state index is 13.0. The van der Waals surface area contributed by atoms with Crippen LogP contribution in [0.3, 0.4) is 0 Å². The molecule has 45 atom stereocenters. The van der Waals surface area contributed by atoms with E-state index in [0.717, 1.165) is 20.8 Å². The number of ether oxygens (including phenoxy) is 17. The molecule has 0 spiro atoms. The zero-order valence-corrected chi connectivity index (χ0v) is 58.1. The summed E-state index contributed by atoms with van der Waals surface area (Å²) in [4.78, 5) is 38.0. The molecule has 9 fully saturated rings. The number of nitrogens with one attached hydrogen (secondary N) is 3. The highest BCUT2D eigenvalue weighted by Crippen LogP contribution is 2.40. The van der Waals surface area contributed by atoms with Crippen molar-refractivity contribution >= 4 is 17.7 Å². The van der Waals surface area contributed by atoms with Crippen molar-refractivity contribution in [3.05, 3.63) is 0 Å². The molecule has 632 valence electrons. The zero-order chi connectivity index (χ0) is 80.2. The van der Waals surface area contributed by atoms with Gasteiger partial charge in [0.05, 0.1) is 59.5 Å². The molecule has 0 saturated carbocycles. The molecule has 0 aromatic carbocycles. The number of carbonyl (C=O) groups is 3. The lowest BCUT2D eigenvalue weighted by Gasteiger charge is -2.51. The maximum Gasteiger partial charge on any atom is 0.217 e. The largest absolute Gasteiger partial charge is 0.394 e. The number of carbonyl (C=O) groups excluding carboxylic acids is 3. The van der Waals surface area contributed by atoms with E-state index >= 15 is 0 Å². The summed E-state index contributed by atoms with van der Waals surface area (Å²) in [5.74, 6) is -2.69. The lowest BCUT2D eigenvalue weighted by atomic mass is 9.93. The molecule has 109 heavy (non-hydrogen) atoms. The Labute approximate surface area is 616 Å². The molecule has 0 aliphatic carbocycles. The Morgan fingerprint density at radius 2 is 0.495 bits per heavy atom. The minimum absolute atomic E-state index is 0.787. The molecular weight excluding hydrogens is 1500 g/mol. The third-order valence-corrected chi connectivity index (χ3v) is 19.9. The van der Waals surface area contributed by atoms with Crippen LogP contribution in [0.2, 0.25) is 0 Å². The molecule has 0 bridgehead atoms. The van der Waals surface area contributed by atoms with Crippen LogP contribution in [0, 0.1) is 0 Å². The van der Waals surface area contributed by atoms with Gasteiger partial charge in [-0.3, -0.25) is 14.4 Å². The minimum Gasteiger partial charge on any atom is -0.394 e. The molecule has 49 nitrogen and oxygen atoms in total. The number of aliphatic hydroxyl groups is 26. The highest BCUT2D eigenvalue weighted by molar-refractivity contribution is 5.74. The van der Waals surface area contributed by atoms with Crippen LogP contribution in [0.15, 0.2) is 0 Å². The SMILES string of the molecule is CC(=O)NC1[C@H](OC2C(O)[C@H](O)C(CO)O[C@@H]2O[C@@H]2C(O)[C@H](O[C@@H]3C(CO)O[C@@H](O[C@@H]4C(CO)O[C@@H](O)C(NC(C)=O)[C@H]4O)C(NC(C)=O)[C@H]3O)OC(CO[C@H]3OC(CO[C@H]4OC(CO)[C@@H](O)[C@H](O)C4O)[C@@H](O)[C@H](O[C@H]4OC(CO)[C@@H](O)C(O)C4O)C3O)[C@H]2O)OC(CO)[C@@H](O[C@@H]2OC(CO)[C@H](O)[C@H](O)C2O)[C@@H]1O. The number of hydrogen-bond acceptors (Lipinski definition) is 46. The predicted octanol–water partition coefficient (Wildman–Crippen LogP) is -20.2. The van der Waals surface area contributed by atoms with E-state index < -0.39 is 353 Å². The lowest BCUT2D eigenvalue weighted by molar-refractivity contribution is -0.398. The Morgan fingerprint density at radius 3 is 0.890 bits per heavy atom. The summed E-state index contributed by atoms with van der Waals surface area (Å²) in [6, 6.07) is -5.52. The summed E-state index contributed by atoms with van der Waals surface area (Å²) in [6.45, 7) is -6.75. The summed E-state index contributed by atoms with van der Waals surface area (Å²) in [7, 11) is 0. The highest BCUT2D eigenvalue weighted by Gasteiger charge is 2.61. The van der Waals surface area contributed by atoms with Crippen LogP contribution in [0.1, 0.15) is 20.8 Å². The Kier molecular flexibility index (Phi) is 32.1. The summed E-state index contributed by atoms with van der Waals surface area (Å²) < 4.78 is 99.4. The molecule has 20 unspecified atom stereocenters. The first-order valence-electron chi connectivity index (χ1n) is 34.6. The van der Waals surface area contributed by atoms with Gasteiger partial charge in [-0.15, -0.1) is 0 Å². The van der Waals surface area contributed by atoms with Gasteiger partial charge in [0, 0.05) is 20.8 Å². The van der Waals surface area contributed by atoms with Crippen molar-refractivity contribution in [1.29, 1.82) is 0 Å². The molecule has 9 rings (SSSR count). The van der Waals surface area contributed by atoms with Gasteiger partial charge in [-0.1, -0.05) is 0 Å². The van der Waals surface area contributed by atoms with E-state index in [9.17, 15) is 147 Å². The van der Waals surface area contributed by atoms with Crippen LogP contribution < -0.4 is 16.0 Å². The Hall–Kier alpha value is -3.31. The van der Waals surface area contributed by atoms with Crippen LogP contribution >= 0.6 is 0 Å². The molecule has 9 heterocycles. The summed E-state index contributed by atoms with van der Waals surface area (Å²) in [6.07, 6.45) is -87.5. The molecule has 29 N–H and O–H groups in total. The third kappa shape index (κ3) is 19.7. The second-order valence-corrected chi connectivity index (χ2v) is 27.5. The second-order valence-electron chi connectivity index (χ2n) is 27.5. The number of rotatable bonds is 28. The third-order valence-electron chi connectivity index (χ3n) is 19.9. The zero-order valence-electron chi connectivity index (χ0n) is 58.1. The molecule has 3 amide bonds. The fourth-order valence-corrected chi connectivity index (χ4v) is 14.0. The van der Waals surface area contributed by atoms with Gasteiger partial charge in [0.15, 0.2) is 56.6 Å². The Balaban J connectivity index is 1.05. The smallest absolute Gasteiger partial charge is 0.217 e. The number of amides is 3. The summed E-state index contributed by atoms with van der Waals surface area (Å²) in [5, 5.41) is 294. The van der Waals surface area contributed by atoms with E-state index in [1.165, 1.54) is 0 Å². The van der Waals surface area contributed by atoms with Crippen molar-refractivity contribution < 1.29 is 228 Å². The summed E-state index contributed by atoms with van der Waals surface area (Å²) >= 11 is 0. The first kappa shape index (κ1) is 89.6. The van der Waals surface area contributed by atoms with Crippen LogP contribution in [-0.2, 0) is 94.9 Å². The van der Waals surface area contributed by atoms with Crippen LogP contribution in [0.5, 0.6) is 0 Å². The van der Waals surface area contributed by atoms with Crippen molar-refractivity contribution in [2.45, 2.75) is 297 Å². The fourth-order valence-electron chi connectivity index (χ4n) is 14.0. The standard InChI is InChI=1S/C60H101N3O46/c1-13(71)61-25-34(80)46(20(8-68)95-52(25)92)104-53-26(62-14(2)72)35(81)48(22(10-70)100-53)106-59-45(91)50(108-60-51(40(86)31(77)19(7-67)99-60)109-54-27(63-15(3)73)36(82)47(21(9-69)101-54)105-57-42(88)38(84)29(75)17(5-65)97-57)33(79)24(103-59)12-94-56-44(90)49(107-58-43(89)39(85)30(76)18(6-66)98-58)32(78)23(102-56)11-93-55-41(87)37(83)28(74)16(4-64)96-55/h16-60,64-70,74-92H,4-12H2,1-3H3,(H,61,71)(H,62,72)(H,63,73)/t16?,17?,18?,19?,20?,21?,22?,23?,24?,25?,26?,27?,28-,29+,30-,31-,32-,33-,34-,35-,36-,37+,38+,39?,40?,41?,42?,43?,44?,45?,46-,47-,48-,49+,50+,51?,52-,53+,54+,55+,56+,57+,58-,59+,60-/m1/s1. The molecule has 0 radical (unpaired) electrons. The first-order valence-corrected chi connectivity index (χ1v) is 34.6. The van der Waals surface area contributed by atoms with E-state index in [4.69, 9.17) is 80.5 Å². The molecule has 0 aromatic heterocycles. The van der Waals surface area contributed by atoms with Gasteiger partial charge in [0.25, 0.3) is 0 Å².